The molecule has 0 spiro atoms. The molecule has 33 heavy (non-hydrogen) atoms. The molecule has 2 rings (SSSR count). The van der Waals surface area contributed by atoms with Crippen LogP contribution in [0.25, 0.3) is 0 Å². The highest BCUT2D eigenvalue weighted by atomic mass is 35.5. The van der Waals surface area contributed by atoms with E-state index in [0.717, 1.165) is 22.5 Å². The lowest BCUT2D eigenvalue weighted by atomic mass is 10.1. The average molecular weight is 496 g/mol. The molecule has 8 nitrogen and oxygen atoms in total. The van der Waals surface area contributed by atoms with Crippen LogP contribution < -0.4 is 14.4 Å². The zero-order chi connectivity index (χ0) is 24.6. The van der Waals surface area contributed by atoms with Crippen molar-refractivity contribution in [3.05, 3.63) is 59.1 Å². The van der Waals surface area contributed by atoms with Crippen LogP contribution in [0.1, 0.15) is 25.8 Å². The predicted octanol–water partition coefficient (Wildman–Crippen LogP) is 3.06. The molecule has 180 valence electrons. The number of carbonyl (C=O) groups excluding carboxylic acids is 2. The average Bonchev–Trinajstić information content (AvgIpc) is 2.79. The number of nitrogens with one attached hydrogen (secondary N) is 1. The van der Waals surface area contributed by atoms with Gasteiger partial charge >= 0.3 is 0 Å². The van der Waals surface area contributed by atoms with Gasteiger partial charge in [-0.1, -0.05) is 36.7 Å². The predicted molar refractivity (Wildman–Crippen MR) is 130 cm³/mol. The van der Waals surface area contributed by atoms with Gasteiger partial charge in [-0.05, 0) is 43.2 Å². The van der Waals surface area contributed by atoms with Gasteiger partial charge in [-0.25, -0.2) is 8.42 Å². The first kappa shape index (κ1) is 26.5. The van der Waals surface area contributed by atoms with Crippen LogP contribution in [0.15, 0.2) is 48.5 Å². The van der Waals surface area contributed by atoms with Crippen molar-refractivity contribution in [3.8, 4) is 5.75 Å². The van der Waals surface area contributed by atoms with Gasteiger partial charge in [0.15, 0.2) is 0 Å². The molecule has 0 saturated heterocycles. The second kappa shape index (κ2) is 11.9. The van der Waals surface area contributed by atoms with Gasteiger partial charge in [0, 0.05) is 24.2 Å². The summed E-state index contributed by atoms with van der Waals surface area (Å²) < 4.78 is 31.3. The highest BCUT2D eigenvalue weighted by Crippen LogP contribution is 2.24. The van der Waals surface area contributed by atoms with E-state index in [1.54, 1.807) is 49.4 Å². The van der Waals surface area contributed by atoms with Crippen LogP contribution in [0.5, 0.6) is 5.75 Å². The maximum absolute atomic E-state index is 13.4. The number of carbonyl (C=O) groups is 2. The van der Waals surface area contributed by atoms with Gasteiger partial charge in [0.25, 0.3) is 0 Å². The second-order valence-corrected chi connectivity index (χ2v) is 9.93. The van der Waals surface area contributed by atoms with Crippen LogP contribution in [0.4, 0.5) is 5.69 Å². The summed E-state index contributed by atoms with van der Waals surface area (Å²) in [6.07, 6.45) is 1.78. The number of nitrogens with zero attached hydrogens (tertiary/aromatic N) is 2. The quantitative estimate of drug-likeness (QED) is 0.517. The van der Waals surface area contributed by atoms with Crippen LogP contribution in [-0.4, -0.2) is 57.6 Å². The van der Waals surface area contributed by atoms with E-state index in [1.807, 2.05) is 6.92 Å². The van der Waals surface area contributed by atoms with E-state index in [4.69, 9.17) is 16.3 Å². The maximum Gasteiger partial charge on any atom is 0.244 e. The minimum Gasteiger partial charge on any atom is -0.497 e. The van der Waals surface area contributed by atoms with Crippen molar-refractivity contribution in [3.63, 3.8) is 0 Å². The van der Waals surface area contributed by atoms with Gasteiger partial charge in [0.2, 0.25) is 21.8 Å². The fourth-order valence-electron chi connectivity index (χ4n) is 3.14. The van der Waals surface area contributed by atoms with Gasteiger partial charge in [0.05, 0.1) is 19.1 Å². The third kappa shape index (κ3) is 7.64. The minimum absolute atomic E-state index is 0.117. The van der Waals surface area contributed by atoms with Crippen molar-refractivity contribution in [2.24, 2.45) is 0 Å². The van der Waals surface area contributed by atoms with Crippen LogP contribution in [0, 0.1) is 0 Å². The second-order valence-electron chi connectivity index (χ2n) is 7.59. The molecule has 1 N–H and O–H groups in total. The van der Waals surface area contributed by atoms with Crippen molar-refractivity contribution < 1.29 is 22.7 Å². The molecule has 0 aliphatic rings. The maximum atomic E-state index is 13.4. The molecule has 0 radical (unpaired) electrons. The lowest BCUT2D eigenvalue weighted by Crippen LogP contribution is -2.51. The lowest BCUT2D eigenvalue weighted by molar-refractivity contribution is -0.139. The molecule has 0 bridgehead atoms. The summed E-state index contributed by atoms with van der Waals surface area (Å²) in [5.74, 6) is -0.372. The summed E-state index contributed by atoms with van der Waals surface area (Å²) in [5, 5.41) is 3.34. The number of hydrogen-bond donors (Lipinski definition) is 1. The first-order valence-corrected chi connectivity index (χ1v) is 12.7. The highest BCUT2D eigenvalue weighted by Gasteiger charge is 2.30. The van der Waals surface area contributed by atoms with Crippen LogP contribution >= 0.6 is 11.6 Å². The number of benzene rings is 2. The molecule has 0 aliphatic heterocycles. The molecule has 2 amide bonds. The molecule has 0 unspecified atom stereocenters. The van der Waals surface area contributed by atoms with Gasteiger partial charge in [-0.2, -0.15) is 0 Å². The number of ether oxygens (including phenoxy) is 1. The summed E-state index contributed by atoms with van der Waals surface area (Å²) in [6, 6.07) is 12.5. The third-order valence-corrected chi connectivity index (χ3v) is 6.40. The van der Waals surface area contributed by atoms with Crippen LogP contribution in [-0.2, 0) is 26.2 Å². The van der Waals surface area contributed by atoms with Crippen LogP contribution in [0.3, 0.4) is 0 Å². The number of amides is 2. The zero-order valence-corrected chi connectivity index (χ0v) is 20.8. The minimum atomic E-state index is -3.80. The number of sulfonamides is 1. The molecule has 0 fully saturated rings. The Kier molecular flexibility index (Phi) is 9.55. The summed E-state index contributed by atoms with van der Waals surface area (Å²) in [7, 11) is -2.33. The smallest absolute Gasteiger partial charge is 0.244 e. The van der Waals surface area contributed by atoms with E-state index >= 15 is 0 Å². The molecular weight excluding hydrogens is 466 g/mol. The van der Waals surface area contributed by atoms with Crippen molar-refractivity contribution in [2.45, 2.75) is 32.9 Å². The summed E-state index contributed by atoms with van der Waals surface area (Å²) >= 11 is 5.96. The van der Waals surface area contributed by atoms with Crippen LogP contribution in [0.2, 0.25) is 5.02 Å². The van der Waals surface area contributed by atoms with E-state index in [2.05, 4.69) is 5.32 Å². The Morgan fingerprint density at radius 1 is 1.15 bits per heavy atom. The molecule has 0 heterocycles. The zero-order valence-electron chi connectivity index (χ0n) is 19.2. The molecule has 10 heteroatoms. The Bertz CT molecular complexity index is 1060. The topological polar surface area (TPSA) is 96.0 Å². The Morgan fingerprint density at radius 2 is 1.82 bits per heavy atom. The number of halogens is 1. The lowest BCUT2D eigenvalue weighted by Gasteiger charge is -2.31. The van der Waals surface area contributed by atoms with Gasteiger partial charge in [0.1, 0.15) is 18.3 Å². The molecule has 2 aromatic carbocycles. The van der Waals surface area contributed by atoms with E-state index in [9.17, 15) is 18.0 Å². The Balaban J connectivity index is 2.37. The molecule has 0 aliphatic carbocycles. The van der Waals surface area contributed by atoms with Crippen molar-refractivity contribution in [1.82, 2.24) is 10.2 Å². The molecule has 2 aromatic rings. The van der Waals surface area contributed by atoms with Gasteiger partial charge in [-0.15, -0.1) is 0 Å². The number of anilines is 1. The number of methoxy groups -OCH3 is 1. The van der Waals surface area contributed by atoms with E-state index < -0.39 is 28.5 Å². The molecule has 0 saturated carbocycles. The van der Waals surface area contributed by atoms with E-state index in [-0.39, 0.29) is 12.5 Å². The standard InChI is InChI=1S/C23H30ClN3O5S/c1-5-13-25-23(29)17(2)26(15-18-9-11-19(24)12-10-18)22(28)16-27(33(4,30)31)20-7-6-8-21(14-20)32-3/h6-12,14,17H,5,13,15-16H2,1-4H3,(H,25,29)/t17-/m1/s1. The largest absolute Gasteiger partial charge is 0.497 e. The Labute approximate surface area is 200 Å². The Hall–Kier alpha value is -2.78. The van der Waals surface area contributed by atoms with Crippen molar-refractivity contribution >= 4 is 39.1 Å². The summed E-state index contributed by atoms with van der Waals surface area (Å²) in [4.78, 5) is 27.4. The SMILES string of the molecule is CCCNC(=O)[C@@H](C)N(Cc1ccc(Cl)cc1)C(=O)CN(c1cccc(OC)c1)S(C)(=O)=O. The number of hydrogen-bond acceptors (Lipinski definition) is 5. The van der Waals surface area contributed by atoms with Gasteiger partial charge in [-0.3, -0.25) is 13.9 Å². The molecule has 0 aromatic heterocycles. The van der Waals surface area contributed by atoms with E-state index in [0.29, 0.717) is 23.0 Å². The fourth-order valence-corrected chi connectivity index (χ4v) is 4.11. The first-order chi connectivity index (χ1) is 15.6. The summed E-state index contributed by atoms with van der Waals surface area (Å²) in [5.41, 5.74) is 1.05. The first-order valence-electron chi connectivity index (χ1n) is 10.5. The summed E-state index contributed by atoms with van der Waals surface area (Å²) in [6.45, 7) is 3.68. The fraction of sp³-hybridized carbons (Fsp3) is 0.391. The normalized spacial score (nSPS) is 12.0. The van der Waals surface area contributed by atoms with Crippen molar-refractivity contribution in [1.29, 1.82) is 0 Å². The van der Waals surface area contributed by atoms with Gasteiger partial charge < -0.3 is 15.0 Å². The highest BCUT2D eigenvalue weighted by molar-refractivity contribution is 7.92. The molecule has 1 atom stereocenters. The van der Waals surface area contributed by atoms with Crippen molar-refractivity contribution in [2.75, 3.05) is 30.8 Å². The number of rotatable bonds is 11. The monoisotopic (exact) mass is 495 g/mol. The van der Waals surface area contributed by atoms with E-state index in [1.165, 1.54) is 18.1 Å². The molecular formula is C23H30ClN3O5S. The Morgan fingerprint density at radius 3 is 2.39 bits per heavy atom. The third-order valence-electron chi connectivity index (χ3n) is 5.00.